The van der Waals surface area contributed by atoms with E-state index in [0.29, 0.717) is 28.7 Å². The molecule has 0 radical (unpaired) electrons. The number of ether oxygens (including phenoxy) is 1. The van der Waals surface area contributed by atoms with Gasteiger partial charge in [-0.25, -0.2) is 4.98 Å². The Morgan fingerprint density at radius 3 is 2.48 bits per heavy atom. The summed E-state index contributed by atoms with van der Waals surface area (Å²) in [6.45, 7) is 2.84. The van der Waals surface area contributed by atoms with E-state index >= 15 is 0 Å². The van der Waals surface area contributed by atoms with Gasteiger partial charge in [-0.05, 0) is 74.0 Å². The summed E-state index contributed by atoms with van der Waals surface area (Å²) in [6, 6.07) is 18.1. The molecule has 12 heteroatoms. The summed E-state index contributed by atoms with van der Waals surface area (Å²) in [4.78, 5) is 45.7. The molecule has 0 atom stereocenters. The van der Waals surface area contributed by atoms with Crippen molar-refractivity contribution in [2.45, 2.75) is 25.4 Å². The molecule has 3 heterocycles. The maximum atomic E-state index is 13.3. The number of phenolic OH excluding ortho intramolecular Hbond substituents is 1. The maximum Gasteiger partial charge on any atom is 0.259 e. The molecule has 4 aromatic rings. The Bertz CT molecular complexity index is 1660. The highest BCUT2D eigenvalue weighted by Crippen LogP contribution is 2.29. The highest BCUT2D eigenvalue weighted by Gasteiger charge is 2.20. The van der Waals surface area contributed by atoms with Gasteiger partial charge in [-0.1, -0.05) is 29.8 Å². The zero-order valence-electron chi connectivity index (χ0n) is 24.0. The van der Waals surface area contributed by atoms with Crippen LogP contribution in [0.3, 0.4) is 0 Å². The smallest absolute Gasteiger partial charge is 0.259 e. The number of carbonyl (C=O) groups is 2. The number of hydrogen-bond donors (Lipinski definition) is 3. The van der Waals surface area contributed by atoms with Crippen LogP contribution in [0.1, 0.15) is 33.6 Å². The number of phenols is 1. The Morgan fingerprint density at radius 1 is 1.02 bits per heavy atom. The minimum absolute atomic E-state index is 0. The summed E-state index contributed by atoms with van der Waals surface area (Å²) in [5, 5.41) is 16.1. The number of anilines is 2. The van der Waals surface area contributed by atoms with E-state index in [4.69, 9.17) is 16.3 Å². The van der Waals surface area contributed by atoms with E-state index < -0.39 is 11.8 Å². The number of hydrogen-bond acceptors (Lipinski definition) is 7. The number of nitrogens with zero attached hydrogens (tertiary/aromatic N) is 3. The van der Waals surface area contributed by atoms with E-state index in [9.17, 15) is 19.5 Å². The van der Waals surface area contributed by atoms with E-state index in [-0.39, 0.29) is 46.3 Å². The third-order valence-electron chi connectivity index (χ3n) is 7.48. The number of para-hydroxylation sites is 1. The van der Waals surface area contributed by atoms with Crippen LogP contribution in [0, 0.1) is 0 Å². The van der Waals surface area contributed by atoms with E-state index in [1.807, 2.05) is 6.07 Å². The zero-order chi connectivity index (χ0) is 30.3. The first-order chi connectivity index (χ1) is 20.8. The molecule has 44 heavy (non-hydrogen) atoms. The number of amides is 2. The van der Waals surface area contributed by atoms with Crippen molar-refractivity contribution in [3.05, 3.63) is 106 Å². The van der Waals surface area contributed by atoms with Gasteiger partial charge >= 0.3 is 0 Å². The number of aromatic nitrogens is 2. The lowest BCUT2D eigenvalue weighted by Gasteiger charge is -2.31. The van der Waals surface area contributed by atoms with Crippen molar-refractivity contribution in [3.63, 3.8) is 0 Å². The SMILES string of the molecule is CN(CCn1cccc(-c2ccc(C(=O)Nc3c(O)cccc3C(=O)Nc3ccc(Cl)cn3)cc2)c1=O)C1CCOCC1.Cl. The van der Waals surface area contributed by atoms with Crippen molar-refractivity contribution < 1.29 is 19.4 Å². The Kier molecular flexibility index (Phi) is 11.1. The van der Waals surface area contributed by atoms with Crippen LogP contribution in [0.4, 0.5) is 11.5 Å². The van der Waals surface area contributed by atoms with Crippen LogP contribution in [0.5, 0.6) is 5.75 Å². The fraction of sp³-hybridized carbons (Fsp3) is 0.250. The third-order valence-corrected chi connectivity index (χ3v) is 7.70. The standard InChI is InChI=1S/C32H32ClN5O5.ClH/c1-37(24-13-18-43-19-14-24)16-17-38-15-3-5-25(32(38)42)21-7-9-22(10-8-21)30(40)36-29-26(4-2-6-27(29)39)31(41)35-28-12-11-23(33)20-34-28;/h2-12,15,20,24,39H,13-14,16-19H2,1H3,(H,36,40)(H,34,35,41);1H. The predicted molar refractivity (Wildman–Crippen MR) is 173 cm³/mol. The fourth-order valence-electron chi connectivity index (χ4n) is 4.99. The number of carbonyl (C=O) groups excluding carboxylic acids is 2. The molecule has 0 bridgehead atoms. The van der Waals surface area contributed by atoms with Crippen LogP contribution in [-0.4, -0.2) is 64.2 Å². The first-order valence-electron chi connectivity index (χ1n) is 13.9. The summed E-state index contributed by atoms with van der Waals surface area (Å²) < 4.78 is 7.16. The van der Waals surface area contributed by atoms with Gasteiger partial charge in [0.05, 0.1) is 16.3 Å². The fourth-order valence-corrected chi connectivity index (χ4v) is 5.10. The lowest BCUT2D eigenvalue weighted by Crippen LogP contribution is -2.39. The molecule has 1 aliphatic heterocycles. The molecule has 0 spiro atoms. The summed E-state index contributed by atoms with van der Waals surface area (Å²) in [7, 11) is 2.08. The van der Waals surface area contributed by atoms with Crippen molar-refractivity contribution in [1.29, 1.82) is 0 Å². The lowest BCUT2D eigenvalue weighted by atomic mass is 10.0. The van der Waals surface area contributed by atoms with Crippen LogP contribution in [0.25, 0.3) is 11.1 Å². The molecular formula is C32H33Cl2N5O5. The highest BCUT2D eigenvalue weighted by atomic mass is 35.5. The Balaban J connectivity index is 0.00000442. The maximum absolute atomic E-state index is 13.3. The number of benzene rings is 2. The quantitative estimate of drug-likeness (QED) is 0.212. The van der Waals surface area contributed by atoms with Gasteiger partial charge in [0.1, 0.15) is 11.6 Å². The van der Waals surface area contributed by atoms with Crippen LogP contribution in [-0.2, 0) is 11.3 Å². The van der Waals surface area contributed by atoms with Crippen molar-refractivity contribution in [2.75, 3.05) is 37.4 Å². The number of nitrogens with one attached hydrogen (secondary N) is 2. The minimum atomic E-state index is -0.573. The number of rotatable bonds is 9. The molecule has 5 rings (SSSR count). The average molecular weight is 639 g/mol. The van der Waals surface area contributed by atoms with Gasteiger partial charge in [-0.3, -0.25) is 14.4 Å². The summed E-state index contributed by atoms with van der Waals surface area (Å²) in [5.41, 5.74) is 1.38. The predicted octanol–water partition coefficient (Wildman–Crippen LogP) is 5.31. The molecule has 0 aliphatic carbocycles. The second kappa shape index (κ2) is 15.0. The van der Waals surface area contributed by atoms with E-state index in [1.54, 1.807) is 47.2 Å². The Labute approximate surface area is 266 Å². The molecule has 1 fully saturated rings. The molecule has 230 valence electrons. The number of pyridine rings is 2. The van der Waals surface area contributed by atoms with Crippen molar-refractivity contribution >= 4 is 47.3 Å². The number of aromatic hydroxyl groups is 1. The molecule has 1 aliphatic rings. The third kappa shape index (κ3) is 7.83. The second-order valence-electron chi connectivity index (χ2n) is 10.3. The van der Waals surface area contributed by atoms with E-state index in [2.05, 4.69) is 27.6 Å². The van der Waals surface area contributed by atoms with Crippen molar-refractivity contribution in [3.8, 4) is 16.9 Å². The minimum Gasteiger partial charge on any atom is -0.506 e. The lowest BCUT2D eigenvalue weighted by molar-refractivity contribution is 0.0420. The van der Waals surface area contributed by atoms with Crippen LogP contribution in [0.15, 0.2) is 83.9 Å². The van der Waals surface area contributed by atoms with Gasteiger partial charge in [0, 0.05) is 55.9 Å². The van der Waals surface area contributed by atoms with Gasteiger partial charge in [-0.2, -0.15) is 0 Å². The molecule has 2 amide bonds. The first-order valence-corrected chi connectivity index (χ1v) is 14.3. The Hall–Kier alpha value is -4.22. The van der Waals surface area contributed by atoms with Gasteiger partial charge in [-0.15, -0.1) is 12.4 Å². The molecule has 2 aromatic heterocycles. The molecule has 0 saturated carbocycles. The molecule has 2 aromatic carbocycles. The topological polar surface area (TPSA) is 126 Å². The largest absolute Gasteiger partial charge is 0.506 e. The zero-order valence-corrected chi connectivity index (χ0v) is 25.6. The molecule has 1 saturated heterocycles. The Morgan fingerprint density at radius 2 is 1.77 bits per heavy atom. The van der Waals surface area contributed by atoms with Gasteiger partial charge in [0.25, 0.3) is 17.4 Å². The number of likely N-dealkylation sites (N-methyl/N-ethyl adjacent to an activating group) is 1. The highest BCUT2D eigenvalue weighted by molar-refractivity contribution is 6.30. The molecule has 10 nitrogen and oxygen atoms in total. The van der Waals surface area contributed by atoms with Crippen LogP contribution >= 0.6 is 24.0 Å². The summed E-state index contributed by atoms with van der Waals surface area (Å²) in [5.74, 6) is -1.12. The van der Waals surface area contributed by atoms with Crippen molar-refractivity contribution in [2.24, 2.45) is 0 Å². The second-order valence-corrected chi connectivity index (χ2v) is 10.7. The van der Waals surface area contributed by atoms with Gasteiger partial charge in [0.15, 0.2) is 0 Å². The molecule has 0 unspecified atom stereocenters. The van der Waals surface area contributed by atoms with Crippen LogP contribution in [0.2, 0.25) is 5.02 Å². The monoisotopic (exact) mass is 637 g/mol. The van der Waals surface area contributed by atoms with Crippen LogP contribution < -0.4 is 16.2 Å². The first kappa shape index (κ1) is 32.7. The molecule has 3 N–H and O–H groups in total. The van der Waals surface area contributed by atoms with Gasteiger partial charge < -0.3 is 29.9 Å². The summed E-state index contributed by atoms with van der Waals surface area (Å²) in [6.07, 6.45) is 5.16. The molecular weight excluding hydrogens is 605 g/mol. The van der Waals surface area contributed by atoms with Crippen molar-refractivity contribution in [1.82, 2.24) is 14.5 Å². The van der Waals surface area contributed by atoms with E-state index in [0.717, 1.165) is 32.6 Å². The van der Waals surface area contributed by atoms with E-state index in [1.165, 1.54) is 30.5 Å². The normalized spacial score (nSPS) is 13.2. The van der Waals surface area contributed by atoms with Gasteiger partial charge in [0.2, 0.25) is 0 Å². The summed E-state index contributed by atoms with van der Waals surface area (Å²) >= 11 is 5.86. The average Bonchev–Trinajstić information content (AvgIpc) is 3.03. The number of halogens is 2.